The van der Waals surface area contributed by atoms with Crippen molar-refractivity contribution in [3.05, 3.63) is 46.7 Å². The SMILES string of the molecule is CO/C=C(/C(=O)OC)c1ccccc1/C=C(\Cl)C(=O)N(C)C. The van der Waals surface area contributed by atoms with Crippen molar-refractivity contribution in [2.24, 2.45) is 0 Å². The minimum absolute atomic E-state index is 0.0408. The summed E-state index contributed by atoms with van der Waals surface area (Å²) in [5.41, 5.74) is 1.40. The highest BCUT2D eigenvalue weighted by Crippen LogP contribution is 2.24. The Morgan fingerprint density at radius 2 is 1.82 bits per heavy atom. The molecule has 0 bridgehead atoms. The third kappa shape index (κ3) is 4.36. The molecule has 22 heavy (non-hydrogen) atoms. The van der Waals surface area contributed by atoms with Crippen LogP contribution in [-0.4, -0.2) is 45.1 Å². The molecule has 1 amide bonds. The third-order valence-electron chi connectivity index (χ3n) is 2.78. The number of methoxy groups -OCH3 is 2. The first kappa shape index (κ1) is 17.8. The van der Waals surface area contributed by atoms with Gasteiger partial charge in [0.25, 0.3) is 5.91 Å². The lowest BCUT2D eigenvalue weighted by atomic mass is 10.00. The van der Waals surface area contributed by atoms with E-state index >= 15 is 0 Å². The number of amides is 1. The molecule has 0 aliphatic carbocycles. The first-order chi connectivity index (χ1) is 10.4. The fourth-order valence-electron chi connectivity index (χ4n) is 1.73. The Morgan fingerprint density at radius 1 is 1.18 bits per heavy atom. The molecule has 1 aromatic rings. The number of carbonyl (C=O) groups is 2. The summed E-state index contributed by atoms with van der Waals surface area (Å²) in [6, 6.07) is 7.01. The molecule has 1 rings (SSSR count). The van der Waals surface area contributed by atoms with E-state index in [1.54, 1.807) is 38.4 Å². The lowest BCUT2D eigenvalue weighted by molar-refractivity contribution is -0.133. The van der Waals surface area contributed by atoms with Crippen molar-refractivity contribution in [2.75, 3.05) is 28.3 Å². The molecule has 0 spiro atoms. The molecule has 0 radical (unpaired) electrons. The van der Waals surface area contributed by atoms with E-state index in [0.717, 1.165) is 0 Å². The summed E-state index contributed by atoms with van der Waals surface area (Å²) in [5.74, 6) is -0.871. The molecule has 0 heterocycles. The molecular formula is C16H18ClNO4. The van der Waals surface area contributed by atoms with E-state index in [9.17, 15) is 9.59 Å². The smallest absolute Gasteiger partial charge is 0.341 e. The highest BCUT2D eigenvalue weighted by atomic mass is 35.5. The molecule has 6 heteroatoms. The number of hydrogen-bond acceptors (Lipinski definition) is 4. The number of nitrogens with zero attached hydrogens (tertiary/aromatic N) is 1. The van der Waals surface area contributed by atoms with Gasteiger partial charge < -0.3 is 14.4 Å². The molecule has 1 aromatic carbocycles. The summed E-state index contributed by atoms with van der Waals surface area (Å²) in [6.07, 6.45) is 2.80. The van der Waals surface area contributed by atoms with Crippen molar-refractivity contribution < 1.29 is 19.1 Å². The molecule has 0 saturated carbocycles. The highest BCUT2D eigenvalue weighted by molar-refractivity contribution is 6.44. The van der Waals surface area contributed by atoms with Crippen molar-refractivity contribution in [3.63, 3.8) is 0 Å². The summed E-state index contributed by atoms with van der Waals surface area (Å²) in [6.45, 7) is 0. The second kappa shape index (κ2) is 8.24. The van der Waals surface area contributed by atoms with Crippen LogP contribution < -0.4 is 0 Å². The predicted octanol–water partition coefficient (Wildman–Crippen LogP) is 2.51. The Kier molecular flexibility index (Phi) is 6.66. The maximum absolute atomic E-state index is 11.9. The predicted molar refractivity (Wildman–Crippen MR) is 86.0 cm³/mol. The van der Waals surface area contributed by atoms with Gasteiger partial charge in [-0.1, -0.05) is 35.9 Å². The molecule has 0 aliphatic rings. The zero-order valence-corrected chi connectivity index (χ0v) is 13.7. The molecule has 118 valence electrons. The Balaban J connectivity index is 3.35. The van der Waals surface area contributed by atoms with E-state index in [-0.39, 0.29) is 16.5 Å². The van der Waals surface area contributed by atoms with Crippen LogP contribution in [0.1, 0.15) is 11.1 Å². The number of benzene rings is 1. The van der Waals surface area contributed by atoms with Crippen molar-refractivity contribution in [1.29, 1.82) is 0 Å². The highest BCUT2D eigenvalue weighted by Gasteiger charge is 2.17. The van der Waals surface area contributed by atoms with Crippen LogP contribution in [0.15, 0.2) is 35.6 Å². The second-order valence-corrected chi connectivity index (χ2v) is 4.95. The van der Waals surface area contributed by atoms with Gasteiger partial charge in [-0.15, -0.1) is 0 Å². The fourth-order valence-corrected chi connectivity index (χ4v) is 2.02. The van der Waals surface area contributed by atoms with Crippen LogP contribution in [0, 0.1) is 0 Å². The number of ether oxygens (including phenoxy) is 2. The van der Waals surface area contributed by atoms with Crippen LogP contribution >= 0.6 is 11.6 Å². The van der Waals surface area contributed by atoms with E-state index in [2.05, 4.69) is 0 Å². The molecule has 0 saturated heterocycles. The Hall–Kier alpha value is -2.27. The topological polar surface area (TPSA) is 55.8 Å². The summed E-state index contributed by atoms with van der Waals surface area (Å²) in [4.78, 5) is 25.1. The molecule has 0 aromatic heterocycles. The third-order valence-corrected chi connectivity index (χ3v) is 3.06. The number of likely N-dealkylation sites (N-methyl/N-ethyl adjacent to an activating group) is 1. The van der Waals surface area contributed by atoms with Crippen LogP contribution in [0.2, 0.25) is 0 Å². The standard InChI is InChI=1S/C16H18ClNO4/c1-18(2)15(19)14(17)9-11-7-5-6-8-12(11)13(10-21-3)16(20)22-4/h5-10H,1-4H3/b13-10+,14-9-. The zero-order valence-electron chi connectivity index (χ0n) is 12.9. The monoisotopic (exact) mass is 323 g/mol. The number of rotatable bonds is 5. The zero-order chi connectivity index (χ0) is 16.7. The largest absolute Gasteiger partial charge is 0.503 e. The Labute approximate surface area is 134 Å². The molecule has 0 fully saturated rings. The van der Waals surface area contributed by atoms with Gasteiger partial charge in [-0.25, -0.2) is 4.79 Å². The van der Waals surface area contributed by atoms with Crippen LogP contribution in [0.5, 0.6) is 0 Å². The number of hydrogen-bond donors (Lipinski definition) is 0. The van der Waals surface area contributed by atoms with Crippen molar-refractivity contribution in [3.8, 4) is 0 Å². The maximum Gasteiger partial charge on any atom is 0.341 e. The second-order valence-electron chi connectivity index (χ2n) is 4.54. The first-order valence-corrected chi connectivity index (χ1v) is 6.79. The summed E-state index contributed by atoms with van der Waals surface area (Å²) < 4.78 is 9.68. The molecule has 5 nitrogen and oxygen atoms in total. The van der Waals surface area contributed by atoms with Crippen molar-refractivity contribution >= 4 is 35.1 Å². The van der Waals surface area contributed by atoms with Crippen molar-refractivity contribution in [1.82, 2.24) is 4.90 Å². The summed E-state index contributed by atoms with van der Waals surface area (Å²) in [5, 5.41) is 0.0408. The van der Waals surface area contributed by atoms with E-state index in [0.29, 0.717) is 11.1 Å². The van der Waals surface area contributed by atoms with Crippen molar-refractivity contribution in [2.45, 2.75) is 0 Å². The molecule has 0 aliphatic heterocycles. The Morgan fingerprint density at radius 3 is 2.36 bits per heavy atom. The molecule has 0 atom stereocenters. The lowest BCUT2D eigenvalue weighted by Crippen LogP contribution is -2.21. The van der Waals surface area contributed by atoms with Gasteiger partial charge in [-0.2, -0.15) is 0 Å². The minimum atomic E-state index is -0.544. The fraction of sp³-hybridized carbons (Fsp3) is 0.250. The van der Waals surface area contributed by atoms with Gasteiger partial charge in [0.1, 0.15) is 10.6 Å². The van der Waals surface area contributed by atoms with Crippen LogP contribution in [0.3, 0.4) is 0 Å². The van der Waals surface area contributed by atoms with E-state index < -0.39 is 5.97 Å². The molecule has 0 unspecified atom stereocenters. The van der Waals surface area contributed by atoms with E-state index in [4.69, 9.17) is 21.1 Å². The number of halogens is 1. The number of carbonyl (C=O) groups excluding carboxylic acids is 2. The van der Waals surface area contributed by atoms with Crippen LogP contribution in [-0.2, 0) is 19.1 Å². The van der Waals surface area contributed by atoms with Gasteiger partial charge >= 0.3 is 5.97 Å². The first-order valence-electron chi connectivity index (χ1n) is 6.41. The van der Waals surface area contributed by atoms with Gasteiger partial charge in [0.2, 0.25) is 0 Å². The average Bonchev–Trinajstić information content (AvgIpc) is 2.51. The summed E-state index contributed by atoms with van der Waals surface area (Å²) in [7, 11) is 5.93. The van der Waals surface area contributed by atoms with Crippen LogP contribution in [0.25, 0.3) is 11.6 Å². The normalized spacial score (nSPS) is 11.9. The van der Waals surface area contributed by atoms with Gasteiger partial charge in [0, 0.05) is 14.1 Å². The van der Waals surface area contributed by atoms with Crippen LogP contribution in [0.4, 0.5) is 0 Å². The minimum Gasteiger partial charge on any atom is -0.503 e. The van der Waals surface area contributed by atoms with E-state index in [1.165, 1.54) is 31.5 Å². The number of esters is 1. The average molecular weight is 324 g/mol. The van der Waals surface area contributed by atoms with E-state index in [1.807, 2.05) is 0 Å². The Bertz CT molecular complexity index is 620. The summed E-state index contributed by atoms with van der Waals surface area (Å²) >= 11 is 6.03. The van der Waals surface area contributed by atoms with Gasteiger partial charge in [-0.05, 0) is 17.2 Å². The maximum atomic E-state index is 11.9. The molecular weight excluding hydrogens is 306 g/mol. The van der Waals surface area contributed by atoms with Gasteiger partial charge in [0.15, 0.2) is 0 Å². The van der Waals surface area contributed by atoms with Gasteiger partial charge in [0.05, 0.1) is 20.5 Å². The van der Waals surface area contributed by atoms with Gasteiger partial charge in [-0.3, -0.25) is 4.79 Å². The quantitative estimate of drug-likeness (QED) is 0.474. The molecule has 0 N–H and O–H groups in total. The lowest BCUT2D eigenvalue weighted by Gasteiger charge is -2.11.